The molecule has 1 N–H and O–H groups in total. The topological polar surface area (TPSA) is 38.1 Å². The van der Waals surface area contributed by atoms with E-state index in [0.29, 0.717) is 0 Å². The summed E-state index contributed by atoms with van der Waals surface area (Å²) in [5, 5.41) is 9.09. The number of benzene rings is 1. The van der Waals surface area contributed by atoms with Gasteiger partial charge in [0.15, 0.2) is 0 Å². The largest absolute Gasteiger partial charge is 0.392 e. The minimum atomic E-state index is 0.0494. The molecule has 3 nitrogen and oxygen atoms in total. The first-order valence-electron chi connectivity index (χ1n) is 4.26. The van der Waals surface area contributed by atoms with E-state index in [9.17, 15) is 0 Å². The average Bonchev–Trinajstić information content (AvgIpc) is 2.43. The third-order valence-corrected chi connectivity index (χ3v) is 2.39. The molecule has 13 heavy (non-hydrogen) atoms. The smallest absolute Gasteiger partial charge is 0.106 e. The Hall–Kier alpha value is -1.35. The van der Waals surface area contributed by atoms with E-state index < -0.39 is 0 Å². The van der Waals surface area contributed by atoms with Crippen LogP contribution in [0.3, 0.4) is 0 Å². The van der Waals surface area contributed by atoms with Crippen molar-refractivity contribution in [1.82, 2.24) is 9.55 Å². The molecule has 2 aromatic rings. The molecule has 0 amide bonds. The molecule has 1 aromatic heterocycles. The number of aliphatic hydroxyl groups excluding tert-OH is 1. The second-order valence-corrected chi connectivity index (χ2v) is 3.16. The van der Waals surface area contributed by atoms with E-state index >= 15 is 0 Å². The molecule has 2 rings (SSSR count). The van der Waals surface area contributed by atoms with Gasteiger partial charge in [-0.25, -0.2) is 4.98 Å². The second kappa shape index (κ2) is 2.85. The molecule has 1 aromatic carbocycles. The van der Waals surface area contributed by atoms with Crippen molar-refractivity contribution in [1.29, 1.82) is 0 Å². The highest BCUT2D eigenvalue weighted by Crippen LogP contribution is 2.18. The molecular weight excluding hydrogens is 164 g/mol. The summed E-state index contributed by atoms with van der Waals surface area (Å²) in [5.74, 6) is 0.968. The number of aromatic nitrogens is 2. The Bertz CT molecular complexity index is 445. The van der Waals surface area contributed by atoms with Crippen LogP contribution in [0.15, 0.2) is 18.2 Å². The summed E-state index contributed by atoms with van der Waals surface area (Å²) < 4.78 is 2.02. The minimum absolute atomic E-state index is 0.0494. The highest BCUT2D eigenvalue weighted by Gasteiger charge is 2.06. The van der Waals surface area contributed by atoms with Crippen molar-refractivity contribution >= 4 is 11.0 Å². The zero-order chi connectivity index (χ0) is 9.42. The number of rotatable bonds is 1. The lowest BCUT2D eigenvalue weighted by molar-refractivity contribution is 0.283. The van der Waals surface area contributed by atoms with Crippen molar-refractivity contribution in [2.75, 3.05) is 0 Å². The Morgan fingerprint density at radius 3 is 2.92 bits per heavy atom. The summed E-state index contributed by atoms with van der Waals surface area (Å²) in [6.45, 7) is 2.01. The van der Waals surface area contributed by atoms with Crippen LogP contribution in [0.25, 0.3) is 11.0 Å². The molecule has 0 saturated carbocycles. The van der Waals surface area contributed by atoms with Crippen LogP contribution in [0.5, 0.6) is 0 Å². The first kappa shape index (κ1) is 8.26. The molecular formula is C10H12N2O. The van der Waals surface area contributed by atoms with E-state index in [0.717, 1.165) is 22.4 Å². The van der Waals surface area contributed by atoms with Crippen molar-refractivity contribution in [2.45, 2.75) is 13.5 Å². The number of nitrogens with zero attached hydrogens (tertiary/aromatic N) is 2. The molecule has 0 fully saturated rings. The molecule has 0 bridgehead atoms. The maximum absolute atomic E-state index is 9.09. The highest BCUT2D eigenvalue weighted by atomic mass is 16.3. The number of fused-ring (bicyclic) bond motifs is 1. The maximum Gasteiger partial charge on any atom is 0.106 e. The molecule has 1 heterocycles. The fraction of sp³-hybridized carbons (Fsp3) is 0.300. The number of hydrogen-bond donors (Lipinski definition) is 1. The quantitative estimate of drug-likeness (QED) is 0.712. The third-order valence-electron chi connectivity index (χ3n) is 2.39. The van der Waals surface area contributed by atoms with Gasteiger partial charge in [-0.3, -0.25) is 0 Å². The van der Waals surface area contributed by atoms with Gasteiger partial charge in [-0.15, -0.1) is 0 Å². The van der Waals surface area contributed by atoms with Gasteiger partial charge in [0.2, 0.25) is 0 Å². The van der Waals surface area contributed by atoms with E-state index in [-0.39, 0.29) is 6.61 Å². The summed E-state index contributed by atoms with van der Waals surface area (Å²) in [7, 11) is 1.98. The van der Waals surface area contributed by atoms with Crippen LogP contribution >= 0.6 is 0 Å². The lowest BCUT2D eigenvalue weighted by atomic mass is 10.2. The molecule has 0 aliphatic rings. The van der Waals surface area contributed by atoms with E-state index in [4.69, 9.17) is 5.11 Å². The summed E-state index contributed by atoms with van der Waals surface area (Å²) in [4.78, 5) is 4.39. The van der Waals surface area contributed by atoms with Gasteiger partial charge < -0.3 is 9.67 Å². The van der Waals surface area contributed by atoms with Crippen molar-refractivity contribution in [3.63, 3.8) is 0 Å². The number of hydrogen-bond acceptors (Lipinski definition) is 2. The van der Waals surface area contributed by atoms with E-state index in [2.05, 4.69) is 4.98 Å². The van der Waals surface area contributed by atoms with Gasteiger partial charge >= 0.3 is 0 Å². The predicted molar refractivity (Wildman–Crippen MR) is 51.4 cm³/mol. The predicted octanol–water partition coefficient (Wildman–Crippen LogP) is 1.37. The lowest BCUT2D eigenvalue weighted by Gasteiger charge is -1.98. The zero-order valence-electron chi connectivity index (χ0n) is 7.78. The Kier molecular flexibility index (Phi) is 1.81. The monoisotopic (exact) mass is 176 g/mol. The van der Waals surface area contributed by atoms with Gasteiger partial charge in [0.05, 0.1) is 17.6 Å². The molecule has 0 saturated heterocycles. The minimum Gasteiger partial charge on any atom is -0.392 e. The number of aliphatic hydroxyl groups is 1. The second-order valence-electron chi connectivity index (χ2n) is 3.16. The van der Waals surface area contributed by atoms with Crippen molar-refractivity contribution in [3.8, 4) is 0 Å². The number of imidazole rings is 1. The van der Waals surface area contributed by atoms with Crippen molar-refractivity contribution in [3.05, 3.63) is 29.6 Å². The Balaban J connectivity index is 2.84. The van der Waals surface area contributed by atoms with Gasteiger partial charge in [0.25, 0.3) is 0 Å². The standard InChI is InChI=1S/C10H12N2O/c1-7-11-10-8(6-13)4-3-5-9(10)12(7)2/h3-5,13H,6H2,1-2H3. The molecule has 0 radical (unpaired) electrons. The lowest BCUT2D eigenvalue weighted by Crippen LogP contribution is -1.90. The van der Waals surface area contributed by atoms with Gasteiger partial charge in [0, 0.05) is 12.6 Å². The zero-order valence-corrected chi connectivity index (χ0v) is 7.78. The van der Waals surface area contributed by atoms with Gasteiger partial charge in [-0.2, -0.15) is 0 Å². The van der Waals surface area contributed by atoms with Crippen LogP contribution in [-0.4, -0.2) is 14.7 Å². The summed E-state index contributed by atoms with van der Waals surface area (Å²) >= 11 is 0. The molecule has 0 atom stereocenters. The normalized spacial score (nSPS) is 11.0. The van der Waals surface area contributed by atoms with Crippen LogP contribution in [0.1, 0.15) is 11.4 Å². The molecule has 0 aliphatic carbocycles. The summed E-state index contributed by atoms with van der Waals surface area (Å²) in [6.07, 6.45) is 0. The van der Waals surface area contributed by atoms with Gasteiger partial charge in [-0.1, -0.05) is 12.1 Å². The molecule has 3 heteroatoms. The summed E-state index contributed by atoms with van der Waals surface area (Å²) in [5.41, 5.74) is 2.87. The first-order chi connectivity index (χ1) is 6.24. The van der Waals surface area contributed by atoms with Crippen LogP contribution in [0.2, 0.25) is 0 Å². The van der Waals surface area contributed by atoms with E-state index in [1.54, 1.807) is 0 Å². The van der Waals surface area contributed by atoms with Crippen LogP contribution in [0.4, 0.5) is 0 Å². The van der Waals surface area contributed by atoms with Gasteiger partial charge in [-0.05, 0) is 13.0 Å². The Morgan fingerprint density at radius 2 is 2.23 bits per heavy atom. The maximum atomic E-state index is 9.09. The fourth-order valence-corrected chi connectivity index (χ4v) is 1.52. The SMILES string of the molecule is Cc1nc2c(CO)cccc2n1C. The average molecular weight is 176 g/mol. The van der Waals surface area contributed by atoms with Crippen LogP contribution in [-0.2, 0) is 13.7 Å². The van der Waals surface area contributed by atoms with Crippen molar-refractivity contribution in [2.24, 2.45) is 7.05 Å². The van der Waals surface area contributed by atoms with Gasteiger partial charge in [0.1, 0.15) is 5.82 Å². The Labute approximate surface area is 76.6 Å². The number of aryl methyl sites for hydroxylation is 2. The Morgan fingerprint density at radius 1 is 1.46 bits per heavy atom. The van der Waals surface area contributed by atoms with Crippen LogP contribution < -0.4 is 0 Å². The molecule has 0 aliphatic heterocycles. The third kappa shape index (κ3) is 1.12. The van der Waals surface area contributed by atoms with Crippen LogP contribution in [0, 0.1) is 6.92 Å². The molecule has 0 spiro atoms. The fourth-order valence-electron chi connectivity index (χ4n) is 1.52. The highest BCUT2D eigenvalue weighted by molar-refractivity contribution is 5.79. The van der Waals surface area contributed by atoms with Crippen molar-refractivity contribution < 1.29 is 5.11 Å². The first-order valence-corrected chi connectivity index (χ1v) is 4.26. The molecule has 68 valence electrons. The van der Waals surface area contributed by atoms with E-state index in [1.807, 2.05) is 36.7 Å². The number of para-hydroxylation sites is 1. The van der Waals surface area contributed by atoms with E-state index in [1.165, 1.54) is 0 Å². The summed E-state index contributed by atoms with van der Waals surface area (Å²) in [6, 6.07) is 5.85. The molecule has 0 unspecified atom stereocenters.